The van der Waals surface area contributed by atoms with Crippen molar-refractivity contribution >= 4 is 36.0 Å². The van der Waals surface area contributed by atoms with E-state index < -0.39 is 13.1 Å². The van der Waals surface area contributed by atoms with Crippen LogP contribution in [-0.4, -0.2) is 45.1 Å². The van der Waals surface area contributed by atoms with Gasteiger partial charge in [-0.1, -0.05) is 103 Å². The van der Waals surface area contributed by atoms with Crippen LogP contribution in [0.25, 0.3) is 0 Å². The van der Waals surface area contributed by atoms with Crippen LogP contribution in [0.2, 0.25) is 0 Å². The fourth-order valence-electron chi connectivity index (χ4n) is 4.86. The molecule has 7 nitrogen and oxygen atoms in total. The molecule has 0 bridgehead atoms. The van der Waals surface area contributed by atoms with Gasteiger partial charge in [-0.05, 0) is 56.1 Å². The zero-order chi connectivity index (χ0) is 29.1. The molecule has 216 valence electrons. The summed E-state index contributed by atoms with van der Waals surface area (Å²) in [4.78, 5) is 4.81. The highest BCUT2D eigenvalue weighted by atomic mass is 32.2. The average molecular weight is 610 g/mol. The predicted molar refractivity (Wildman–Crippen MR) is 170 cm³/mol. The first-order chi connectivity index (χ1) is 20.0. The van der Waals surface area contributed by atoms with Crippen molar-refractivity contribution in [3.05, 3.63) is 120 Å². The van der Waals surface area contributed by atoms with Gasteiger partial charge in [-0.2, -0.15) is 5.10 Å². The van der Waals surface area contributed by atoms with E-state index in [9.17, 15) is 4.57 Å². The number of benzene rings is 3. The lowest BCUT2D eigenvalue weighted by Crippen LogP contribution is -2.38. The Morgan fingerprint density at radius 1 is 0.854 bits per heavy atom. The zero-order valence-electron chi connectivity index (χ0n) is 23.6. The van der Waals surface area contributed by atoms with E-state index in [1.165, 1.54) is 11.8 Å². The molecule has 1 aromatic heterocycles. The van der Waals surface area contributed by atoms with Gasteiger partial charge >= 0.3 is 7.60 Å². The topological polar surface area (TPSA) is 75.5 Å². The minimum Gasteiger partial charge on any atom is -0.479 e. The molecule has 0 fully saturated rings. The van der Waals surface area contributed by atoms with Gasteiger partial charge < -0.3 is 13.8 Å². The van der Waals surface area contributed by atoms with E-state index in [1.807, 2.05) is 80.1 Å². The molecule has 0 radical (unpaired) electrons. The van der Waals surface area contributed by atoms with Crippen LogP contribution >= 0.6 is 31.6 Å². The Bertz CT molecular complexity index is 1310. The lowest BCUT2D eigenvalue weighted by atomic mass is 9.77. The van der Waals surface area contributed by atoms with Crippen LogP contribution in [0.4, 0.5) is 0 Å². The zero-order valence-corrected chi connectivity index (χ0v) is 26.1. The van der Waals surface area contributed by atoms with Crippen LogP contribution in [-0.2, 0) is 23.9 Å². The number of hydrogen-bond acceptors (Lipinski definition) is 8. The smallest absolute Gasteiger partial charge is 0.330 e. The summed E-state index contributed by atoms with van der Waals surface area (Å²) in [7, 11) is -3.28. The van der Waals surface area contributed by atoms with Gasteiger partial charge in [-0.15, -0.1) is 0 Å². The minimum atomic E-state index is -3.28. The maximum Gasteiger partial charge on any atom is 0.330 e. The number of thioether (sulfide) groups is 1. The first kappa shape index (κ1) is 31.1. The fraction of sp³-hybridized carbons (Fsp3) is 0.323. The maximum atomic E-state index is 13.3. The highest BCUT2D eigenvalue weighted by Crippen LogP contribution is 2.51. The average Bonchev–Trinajstić information content (AvgIpc) is 3.48. The molecule has 0 spiro atoms. The number of aromatic nitrogens is 3. The number of ether oxygens (including phenoxy) is 1. The summed E-state index contributed by atoms with van der Waals surface area (Å²) in [5, 5.41) is 4.79. The van der Waals surface area contributed by atoms with Gasteiger partial charge in [-0.25, -0.2) is 9.67 Å². The van der Waals surface area contributed by atoms with Gasteiger partial charge in [0.1, 0.15) is 11.9 Å². The molecule has 1 heterocycles. The third-order valence-corrected chi connectivity index (χ3v) is 10.1. The molecule has 41 heavy (non-hydrogen) atoms. The lowest BCUT2D eigenvalue weighted by Gasteiger charge is -2.36. The molecule has 0 aliphatic heterocycles. The third-order valence-electron chi connectivity index (χ3n) is 6.53. The van der Waals surface area contributed by atoms with Crippen molar-refractivity contribution in [2.45, 2.75) is 38.0 Å². The largest absolute Gasteiger partial charge is 0.479 e. The van der Waals surface area contributed by atoms with Gasteiger partial charge in [0.2, 0.25) is 4.38 Å². The molecule has 0 aliphatic carbocycles. The summed E-state index contributed by atoms with van der Waals surface area (Å²) >= 11 is 6.85. The molecule has 0 saturated carbocycles. The second-order valence-corrected chi connectivity index (χ2v) is 13.1. The summed E-state index contributed by atoms with van der Waals surface area (Å²) < 4.78 is 32.3. The Hall–Kier alpha value is -2.81. The molecular weight excluding hydrogens is 573 g/mol. The molecule has 0 N–H and O–H groups in total. The van der Waals surface area contributed by atoms with E-state index in [0.29, 0.717) is 36.4 Å². The summed E-state index contributed by atoms with van der Waals surface area (Å²) in [6.07, 6.45) is 2.40. The molecule has 0 aliphatic rings. The fourth-order valence-corrected chi connectivity index (χ4v) is 8.07. The normalized spacial score (nSPS) is 12.7. The number of hydrogen-bond donors (Lipinski definition) is 0. The first-order valence-electron chi connectivity index (χ1n) is 13.8. The van der Waals surface area contributed by atoms with Gasteiger partial charge in [0.05, 0.1) is 31.2 Å². The standard InChI is InChI=1S/C31H36N3O4PS2/c1-4-36-30(40)41-28(22-23-39(35,37-5-2)38-6-3)29-32-24-34(33-29)31(25-16-10-7-11-17-25,26-18-12-8-13-19-26)27-20-14-9-15-21-27/h7-21,24,28H,4-6,22-23H2,1-3H3. The SMILES string of the molecule is CCOC(=S)SC(CCP(=O)(OCC)OCC)c1ncn(C(c2ccccc2)(c2ccccc2)c2ccccc2)n1. The van der Waals surface area contributed by atoms with Crippen LogP contribution < -0.4 is 0 Å². The highest BCUT2D eigenvalue weighted by Gasteiger charge is 2.40. The molecule has 4 aromatic rings. The van der Waals surface area contributed by atoms with Crippen LogP contribution in [0.15, 0.2) is 97.3 Å². The maximum absolute atomic E-state index is 13.3. The number of nitrogens with zero attached hydrogens (tertiary/aromatic N) is 3. The van der Waals surface area contributed by atoms with E-state index in [-0.39, 0.29) is 11.4 Å². The molecule has 10 heteroatoms. The summed E-state index contributed by atoms with van der Waals surface area (Å²) in [5.41, 5.74) is 2.33. The molecular formula is C31H36N3O4PS2. The summed E-state index contributed by atoms with van der Waals surface area (Å²) in [5.74, 6) is 0.559. The second kappa shape index (κ2) is 14.9. The number of rotatable bonds is 14. The summed E-state index contributed by atoms with van der Waals surface area (Å²) in [6.45, 7) is 6.56. The van der Waals surface area contributed by atoms with E-state index in [0.717, 1.165) is 16.7 Å². The Morgan fingerprint density at radius 3 is 1.78 bits per heavy atom. The van der Waals surface area contributed by atoms with Gasteiger partial charge in [0.15, 0.2) is 5.82 Å². The molecule has 3 aromatic carbocycles. The summed E-state index contributed by atoms with van der Waals surface area (Å²) in [6, 6.07) is 30.9. The Balaban J connectivity index is 1.83. The van der Waals surface area contributed by atoms with E-state index in [1.54, 1.807) is 6.33 Å². The van der Waals surface area contributed by atoms with Gasteiger partial charge in [-0.3, -0.25) is 4.57 Å². The molecule has 4 rings (SSSR count). The lowest BCUT2D eigenvalue weighted by molar-refractivity contribution is 0.219. The van der Waals surface area contributed by atoms with Crippen molar-refractivity contribution in [1.29, 1.82) is 0 Å². The minimum absolute atomic E-state index is 0.205. The number of thiocarbonyl (C=S) groups is 1. The monoisotopic (exact) mass is 609 g/mol. The predicted octanol–water partition coefficient (Wildman–Crippen LogP) is 7.87. The van der Waals surface area contributed by atoms with Crippen molar-refractivity contribution in [3.8, 4) is 0 Å². The van der Waals surface area contributed by atoms with Crippen LogP contribution in [0, 0.1) is 0 Å². The van der Waals surface area contributed by atoms with E-state index in [2.05, 4.69) is 36.4 Å². The van der Waals surface area contributed by atoms with Crippen LogP contribution in [0.1, 0.15) is 55.0 Å². The Labute approximate surface area is 252 Å². The molecule has 1 unspecified atom stereocenters. The van der Waals surface area contributed by atoms with Crippen LogP contribution in [0.5, 0.6) is 0 Å². The quantitative estimate of drug-likeness (QED) is 0.0812. The van der Waals surface area contributed by atoms with E-state index in [4.69, 9.17) is 36.1 Å². The van der Waals surface area contributed by atoms with Crippen molar-refractivity contribution < 1.29 is 18.3 Å². The van der Waals surface area contributed by atoms with Gasteiger partial charge in [0, 0.05) is 0 Å². The molecule has 0 saturated heterocycles. The van der Waals surface area contributed by atoms with Crippen LogP contribution in [0.3, 0.4) is 0 Å². The highest BCUT2D eigenvalue weighted by molar-refractivity contribution is 8.22. The van der Waals surface area contributed by atoms with Crippen molar-refractivity contribution in [2.24, 2.45) is 0 Å². The van der Waals surface area contributed by atoms with E-state index >= 15 is 0 Å². The Kier molecular flexibility index (Phi) is 11.3. The van der Waals surface area contributed by atoms with Crippen molar-refractivity contribution in [2.75, 3.05) is 26.0 Å². The first-order valence-corrected chi connectivity index (χ1v) is 16.8. The third kappa shape index (κ3) is 7.34. The second-order valence-electron chi connectivity index (χ2n) is 9.10. The van der Waals surface area contributed by atoms with Gasteiger partial charge in [0.25, 0.3) is 0 Å². The molecule has 1 atom stereocenters. The Morgan fingerprint density at radius 2 is 1.34 bits per heavy atom. The van der Waals surface area contributed by atoms with Crippen molar-refractivity contribution in [3.63, 3.8) is 0 Å². The van der Waals surface area contributed by atoms with Crippen molar-refractivity contribution in [1.82, 2.24) is 14.8 Å². The molecule has 0 amide bonds.